The van der Waals surface area contributed by atoms with Crippen molar-refractivity contribution in [2.45, 2.75) is 31.8 Å². The molecule has 3 nitrogen and oxygen atoms in total. The van der Waals surface area contributed by atoms with Gasteiger partial charge in [0.2, 0.25) is 0 Å². The highest BCUT2D eigenvalue weighted by atomic mass is 19.1. The third-order valence-corrected chi connectivity index (χ3v) is 3.87. The van der Waals surface area contributed by atoms with E-state index in [4.69, 9.17) is 0 Å². The first-order valence-electron chi connectivity index (χ1n) is 6.86. The molecule has 18 heavy (non-hydrogen) atoms. The highest BCUT2D eigenvalue weighted by molar-refractivity contribution is 5.10. The highest BCUT2D eigenvalue weighted by Crippen LogP contribution is 2.33. The Kier molecular flexibility index (Phi) is 3.57. The Bertz CT molecular complexity index is 406. The van der Waals surface area contributed by atoms with Crippen LogP contribution in [0.4, 0.5) is 4.39 Å². The van der Waals surface area contributed by atoms with Gasteiger partial charge in [-0.05, 0) is 49.9 Å². The number of aromatic nitrogens is 1. The fourth-order valence-electron chi connectivity index (χ4n) is 2.78. The molecule has 2 fully saturated rings. The Balaban J connectivity index is 1.63. The third-order valence-electron chi connectivity index (χ3n) is 3.87. The largest absolute Gasteiger partial charge is 0.312 e. The first-order chi connectivity index (χ1) is 8.81. The average molecular weight is 249 g/mol. The smallest absolute Gasteiger partial charge is 0.141 e. The van der Waals surface area contributed by atoms with Crippen LogP contribution in [0.25, 0.3) is 0 Å². The first-order valence-corrected chi connectivity index (χ1v) is 6.86. The minimum atomic E-state index is -0.237. The van der Waals surface area contributed by atoms with Gasteiger partial charge < -0.3 is 5.32 Å². The molecule has 0 spiro atoms. The van der Waals surface area contributed by atoms with Crippen LogP contribution >= 0.6 is 0 Å². The quantitative estimate of drug-likeness (QED) is 0.885. The summed E-state index contributed by atoms with van der Waals surface area (Å²) in [5.41, 5.74) is 0.978. The first kappa shape index (κ1) is 12.1. The molecule has 3 rings (SSSR count). The van der Waals surface area contributed by atoms with Crippen LogP contribution in [0.1, 0.15) is 24.8 Å². The minimum absolute atomic E-state index is 0.237. The maximum Gasteiger partial charge on any atom is 0.141 e. The van der Waals surface area contributed by atoms with Crippen molar-refractivity contribution in [3.63, 3.8) is 0 Å². The SMILES string of the molecule is Fc1cncc(CN2CCCNC(C3CC3)C2)c1. The number of nitrogens with one attached hydrogen (secondary N) is 1. The summed E-state index contributed by atoms with van der Waals surface area (Å²) in [7, 11) is 0. The number of halogens is 1. The van der Waals surface area contributed by atoms with Gasteiger partial charge in [-0.15, -0.1) is 0 Å². The van der Waals surface area contributed by atoms with Crippen molar-refractivity contribution in [2.24, 2.45) is 5.92 Å². The molecule has 1 aliphatic carbocycles. The molecule has 1 aromatic heterocycles. The molecule has 1 saturated heterocycles. The van der Waals surface area contributed by atoms with Crippen molar-refractivity contribution in [3.05, 3.63) is 29.8 Å². The van der Waals surface area contributed by atoms with E-state index in [-0.39, 0.29) is 5.82 Å². The molecular weight excluding hydrogens is 229 g/mol. The van der Waals surface area contributed by atoms with Crippen molar-refractivity contribution < 1.29 is 4.39 Å². The average Bonchev–Trinajstić information content (AvgIpc) is 3.15. The second-order valence-electron chi connectivity index (χ2n) is 5.50. The number of nitrogens with zero attached hydrogens (tertiary/aromatic N) is 2. The van der Waals surface area contributed by atoms with Crippen LogP contribution in [0, 0.1) is 11.7 Å². The Morgan fingerprint density at radius 2 is 2.28 bits per heavy atom. The van der Waals surface area contributed by atoms with Crippen LogP contribution in [0.2, 0.25) is 0 Å². The molecule has 1 unspecified atom stereocenters. The third kappa shape index (κ3) is 3.06. The molecule has 0 aromatic carbocycles. The molecule has 1 aliphatic heterocycles. The molecule has 98 valence electrons. The van der Waals surface area contributed by atoms with E-state index in [1.54, 1.807) is 12.3 Å². The standard InChI is InChI=1S/C14H20FN3/c15-13-6-11(7-16-8-13)9-18-5-1-4-17-14(10-18)12-2-3-12/h6-8,12,14,17H,1-5,9-10H2. The van der Waals surface area contributed by atoms with Gasteiger partial charge in [-0.25, -0.2) is 4.39 Å². The summed E-state index contributed by atoms with van der Waals surface area (Å²) in [5, 5.41) is 3.64. The van der Waals surface area contributed by atoms with Gasteiger partial charge in [0.1, 0.15) is 5.82 Å². The molecule has 1 saturated carbocycles. The summed E-state index contributed by atoms with van der Waals surface area (Å²) in [6.45, 7) is 4.10. The lowest BCUT2D eigenvalue weighted by Crippen LogP contribution is -2.38. The zero-order valence-corrected chi connectivity index (χ0v) is 10.6. The number of hydrogen-bond donors (Lipinski definition) is 1. The van der Waals surface area contributed by atoms with Gasteiger partial charge in [-0.3, -0.25) is 9.88 Å². The van der Waals surface area contributed by atoms with Crippen molar-refractivity contribution in [3.8, 4) is 0 Å². The van der Waals surface area contributed by atoms with Crippen LogP contribution in [0.3, 0.4) is 0 Å². The molecule has 0 amide bonds. The van der Waals surface area contributed by atoms with Gasteiger partial charge in [0, 0.05) is 25.3 Å². The summed E-state index contributed by atoms with van der Waals surface area (Å²) in [5.74, 6) is 0.635. The number of hydrogen-bond acceptors (Lipinski definition) is 3. The van der Waals surface area contributed by atoms with Crippen LogP contribution < -0.4 is 5.32 Å². The molecule has 1 N–H and O–H groups in total. The van der Waals surface area contributed by atoms with E-state index < -0.39 is 0 Å². The topological polar surface area (TPSA) is 28.2 Å². The molecule has 0 radical (unpaired) electrons. The zero-order chi connectivity index (χ0) is 12.4. The number of pyridine rings is 1. The maximum atomic E-state index is 13.1. The molecule has 2 aliphatic rings. The van der Waals surface area contributed by atoms with Gasteiger partial charge in [0.15, 0.2) is 0 Å². The second kappa shape index (κ2) is 5.33. The second-order valence-corrected chi connectivity index (χ2v) is 5.50. The van der Waals surface area contributed by atoms with Gasteiger partial charge >= 0.3 is 0 Å². The molecule has 1 aromatic rings. The minimum Gasteiger partial charge on any atom is -0.312 e. The summed E-state index contributed by atoms with van der Waals surface area (Å²) in [6.07, 6.45) is 6.94. The highest BCUT2D eigenvalue weighted by Gasteiger charge is 2.32. The lowest BCUT2D eigenvalue weighted by Gasteiger charge is -2.24. The van der Waals surface area contributed by atoms with E-state index in [1.165, 1.54) is 25.5 Å². The van der Waals surface area contributed by atoms with Crippen LogP contribution in [-0.4, -0.2) is 35.6 Å². The normalized spacial score (nSPS) is 25.9. The summed E-state index contributed by atoms with van der Waals surface area (Å²) in [6, 6.07) is 2.23. The lowest BCUT2D eigenvalue weighted by molar-refractivity contribution is 0.250. The predicted molar refractivity (Wildman–Crippen MR) is 68.6 cm³/mol. The number of rotatable bonds is 3. The van der Waals surface area contributed by atoms with Crippen LogP contribution in [0.5, 0.6) is 0 Å². The fourth-order valence-corrected chi connectivity index (χ4v) is 2.78. The Morgan fingerprint density at radius 1 is 1.39 bits per heavy atom. The van der Waals surface area contributed by atoms with Crippen molar-refractivity contribution >= 4 is 0 Å². The van der Waals surface area contributed by atoms with E-state index in [0.717, 1.165) is 37.7 Å². The van der Waals surface area contributed by atoms with Crippen molar-refractivity contribution in [1.82, 2.24) is 15.2 Å². The Hall–Kier alpha value is -1.00. The van der Waals surface area contributed by atoms with Crippen molar-refractivity contribution in [1.29, 1.82) is 0 Å². The maximum absolute atomic E-state index is 13.1. The van der Waals surface area contributed by atoms with E-state index in [0.29, 0.717) is 6.04 Å². The molecule has 0 bridgehead atoms. The molecule has 2 heterocycles. The summed E-state index contributed by atoms with van der Waals surface area (Å²) < 4.78 is 13.1. The van der Waals surface area contributed by atoms with E-state index in [1.807, 2.05) is 0 Å². The lowest BCUT2D eigenvalue weighted by atomic mass is 10.1. The predicted octanol–water partition coefficient (Wildman–Crippen LogP) is 1.79. The van der Waals surface area contributed by atoms with Gasteiger partial charge in [-0.2, -0.15) is 0 Å². The zero-order valence-electron chi connectivity index (χ0n) is 10.6. The van der Waals surface area contributed by atoms with E-state index >= 15 is 0 Å². The van der Waals surface area contributed by atoms with Gasteiger partial charge in [-0.1, -0.05) is 0 Å². The fraction of sp³-hybridized carbons (Fsp3) is 0.643. The molecular formula is C14H20FN3. The van der Waals surface area contributed by atoms with Gasteiger partial charge in [0.05, 0.1) is 6.20 Å². The van der Waals surface area contributed by atoms with Crippen molar-refractivity contribution in [2.75, 3.05) is 19.6 Å². The van der Waals surface area contributed by atoms with Crippen LogP contribution in [-0.2, 0) is 6.54 Å². The summed E-state index contributed by atoms with van der Waals surface area (Å²) in [4.78, 5) is 6.35. The van der Waals surface area contributed by atoms with Crippen LogP contribution in [0.15, 0.2) is 18.5 Å². The Labute approximate surface area is 107 Å². The Morgan fingerprint density at radius 3 is 3.06 bits per heavy atom. The van der Waals surface area contributed by atoms with E-state index in [9.17, 15) is 4.39 Å². The monoisotopic (exact) mass is 249 g/mol. The molecule has 1 atom stereocenters. The van der Waals surface area contributed by atoms with E-state index in [2.05, 4.69) is 15.2 Å². The molecule has 4 heteroatoms. The summed E-state index contributed by atoms with van der Waals surface area (Å²) >= 11 is 0. The van der Waals surface area contributed by atoms with Gasteiger partial charge in [0.25, 0.3) is 0 Å².